The Bertz CT molecular complexity index is 994. The fourth-order valence-electron chi connectivity index (χ4n) is 2.87. The molecule has 29 heavy (non-hydrogen) atoms. The molecule has 1 heterocycles. The third-order valence-corrected chi connectivity index (χ3v) is 4.35. The van der Waals surface area contributed by atoms with Crippen LogP contribution >= 0.6 is 0 Å². The second-order valence-electron chi connectivity index (χ2n) is 6.14. The molecule has 0 unspecified atom stereocenters. The van der Waals surface area contributed by atoms with Gasteiger partial charge in [-0.15, -0.1) is 0 Å². The van der Waals surface area contributed by atoms with Gasteiger partial charge in [-0.25, -0.2) is 4.79 Å². The number of aromatic nitrogens is 1. The Labute approximate surface area is 167 Å². The molecule has 1 amide bonds. The van der Waals surface area contributed by atoms with Crippen LogP contribution in [-0.4, -0.2) is 44.8 Å². The Hall–Kier alpha value is -3.68. The highest BCUT2D eigenvalue weighted by molar-refractivity contribution is 5.95. The number of ether oxygens (including phenoxy) is 4. The van der Waals surface area contributed by atoms with Gasteiger partial charge in [-0.2, -0.15) is 0 Å². The van der Waals surface area contributed by atoms with Crippen LogP contribution in [0.15, 0.2) is 42.5 Å². The second-order valence-corrected chi connectivity index (χ2v) is 6.14. The first-order valence-corrected chi connectivity index (χ1v) is 8.86. The first-order chi connectivity index (χ1) is 14.0. The molecule has 0 radical (unpaired) electrons. The van der Waals surface area contributed by atoms with Crippen molar-refractivity contribution in [1.82, 2.24) is 10.3 Å². The van der Waals surface area contributed by atoms with Crippen LogP contribution in [0, 0.1) is 0 Å². The van der Waals surface area contributed by atoms with Crippen LogP contribution in [0.2, 0.25) is 0 Å². The lowest BCUT2D eigenvalue weighted by molar-refractivity contribution is -0.124. The van der Waals surface area contributed by atoms with Gasteiger partial charge in [0.15, 0.2) is 18.1 Å². The Morgan fingerprint density at radius 3 is 2.31 bits per heavy atom. The maximum Gasteiger partial charge on any atom is 0.355 e. The molecule has 0 aliphatic carbocycles. The van der Waals surface area contributed by atoms with E-state index < -0.39 is 18.5 Å². The van der Waals surface area contributed by atoms with Crippen LogP contribution < -0.4 is 19.5 Å². The molecule has 0 spiro atoms. The van der Waals surface area contributed by atoms with Crippen LogP contribution in [0.25, 0.3) is 10.9 Å². The van der Waals surface area contributed by atoms with Crippen molar-refractivity contribution in [3.8, 4) is 17.2 Å². The number of fused-ring (bicyclic) bond motifs is 1. The molecule has 2 aromatic carbocycles. The fraction of sp³-hybridized carbons (Fsp3) is 0.238. The summed E-state index contributed by atoms with van der Waals surface area (Å²) in [6.07, 6.45) is 0. The van der Waals surface area contributed by atoms with E-state index in [2.05, 4.69) is 10.3 Å². The average Bonchev–Trinajstić information content (AvgIpc) is 3.19. The highest BCUT2D eigenvalue weighted by Crippen LogP contribution is 2.34. The second kappa shape index (κ2) is 9.01. The quantitative estimate of drug-likeness (QED) is 0.566. The van der Waals surface area contributed by atoms with Gasteiger partial charge < -0.3 is 29.2 Å². The molecule has 2 N–H and O–H groups in total. The molecule has 0 fully saturated rings. The predicted molar refractivity (Wildman–Crippen MR) is 107 cm³/mol. The van der Waals surface area contributed by atoms with Gasteiger partial charge in [-0.1, -0.05) is 18.2 Å². The van der Waals surface area contributed by atoms with Crippen LogP contribution in [-0.2, 0) is 16.1 Å². The third kappa shape index (κ3) is 4.60. The Balaban J connectivity index is 1.57. The summed E-state index contributed by atoms with van der Waals surface area (Å²) in [5, 5.41) is 3.59. The number of methoxy groups -OCH3 is 3. The molecule has 0 atom stereocenters. The van der Waals surface area contributed by atoms with Crippen molar-refractivity contribution in [3.05, 3.63) is 53.7 Å². The molecule has 0 aliphatic heterocycles. The van der Waals surface area contributed by atoms with Gasteiger partial charge in [-0.3, -0.25) is 4.79 Å². The standard InChI is InChI=1S/C21H22N2O6/c1-26-17-10-19(28-3)18(27-2)9-14(17)11-22-20(24)12-29-21(25)16-8-13-6-4-5-7-15(13)23-16/h4-10,23H,11-12H2,1-3H3,(H,22,24). The Morgan fingerprint density at radius 1 is 0.931 bits per heavy atom. The molecule has 0 bridgehead atoms. The number of hydrogen-bond donors (Lipinski definition) is 2. The smallest absolute Gasteiger partial charge is 0.355 e. The van der Waals surface area contributed by atoms with Gasteiger partial charge in [0.1, 0.15) is 11.4 Å². The van der Waals surface area contributed by atoms with Gasteiger partial charge in [0, 0.05) is 29.1 Å². The summed E-state index contributed by atoms with van der Waals surface area (Å²) in [5.41, 5.74) is 1.81. The van der Waals surface area contributed by atoms with Crippen molar-refractivity contribution in [2.75, 3.05) is 27.9 Å². The lowest BCUT2D eigenvalue weighted by atomic mass is 10.1. The van der Waals surface area contributed by atoms with Gasteiger partial charge in [0.25, 0.3) is 5.91 Å². The van der Waals surface area contributed by atoms with Crippen molar-refractivity contribution in [2.24, 2.45) is 0 Å². The molecule has 0 saturated heterocycles. The SMILES string of the molecule is COc1cc(OC)c(OC)cc1CNC(=O)COC(=O)c1cc2ccccc2[nH]1. The summed E-state index contributed by atoms with van der Waals surface area (Å²) in [4.78, 5) is 27.2. The van der Waals surface area contributed by atoms with Crippen molar-refractivity contribution in [3.63, 3.8) is 0 Å². The van der Waals surface area contributed by atoms with Crippen LogP contribution in [0.1, 0.15) is 16.1 Å². The van der Waals surface area contributed by atoms with E-state index in [1.807, 2.05) is 24.3 Å². The highest BCUT2D eigenvalue weighted by atomic mass is 16.5. The molecule has 8 heteroatoms. The van der Waals surface area contributed by atoms with E-state index in [1.54, 1.807) is 18.2 Å². The summed E-state index contributed by atoms with van der Waals surface area (Å²) in [7, 11) is 4.57. The summed E-state index contributed by atoms with van der Waals surface area (Å²) >= 11 is 0. The Morgan fingerprint density at radius 2 is 1.62 bits per heavy atom. The van der Waals surface area contributed by atoms with E-state index in [0.717, 1.165) is 10.9 Å². The summed E-state index contributed by atoms with van der Waals surface area (Å²) in [6.45, 7) is -0.226. The lowest BCUT2D eigenvalue weighted by Gasteiger charge is -2.14. The van der Waals surface area contributed by atoms with E-state index in [4.69, 9.17) is 18.9 Å². The summed E-state index contributed by atoms with van der Waals surface area (Å²) in [5.74, 6) is 0.541. The molecule has 3 rings (SSSR count). The molecule has 8 nitrogen and oxygen atoms in total. The topological polar surface area (TPSA) is 98.9 Å². The zero-order chi connectivity index (χ0) is 20.8. The number of carbonyl (C=O) groups excluding carboxylic acids is 2. The molecule has 0 aliphatic rings. The van der Waals surface area contributed by atoms with E-state index >= 15 is 0 Å². The van der Waals surface area contributed by atoms with Crippen LogP contribution in [0.4, 0.5) is 0 Å². The first-order valence-electron chi connectivity index (χ1n) is 8.86. The number of H-pyrrole nitrogens is 1. The monoisotopic (exact) mass is 398 g/mol. The minimum absolute atomic E-state index is 0.173. The summed E-state index contributed by atoms with van der Waals surface area (Å²) in [6, 6.07) is 12.6. The van der Waals surface area contributed by atoms with Crippen molar-refractivity contribution >= 4 is 22.8 Å². The summed E-state index contributed by atoms with van der Waals surface area (Å²) < 4.78 is 20.9. The predicted octanol–water partition coefficient (Wildman–Crippen LogP) is 2.67. The fourth-order valence-corrected chi connectivity index (χ4v) is 2.87. The highest BCUT2D eigenvalue weighted by Gasteiger charge is 2.15. The zero-order valence-electron chi connectivity index (χ0n) is 16.4. The molecular weight excluding hydrogens is 376 g/mol. The average molecular weight is 398 g/mol. The number of carbonyl (C=O) groups is 2. The zero-order valence-corrected chi connectivity index (χ0v) is 16.4. The Kier molecular flexibility index (Phi) is 6.23. The van der Waals surface area contributed by atoms with Crippen molar-refractivity contribution in [1.29, 1.82) is 0 Å². The van der Waals surface area contributed by atoms with Crippen LogP contribution in [0.5, 0.6) is 17.2 Å². The van der Waals surface area contributed by atoms with E-state index in [-0.39, 0.29) is 6.54 Å². The molecule has 1 aromatic heterocycles. The molecule has 0 saturated carbocycles. The van der Waals surface area contributed by atoms with E-state index in [1.165, 1.54) is 21.3 Å². The van der Waals surface area contributed by atoms with Gasteiger partial charge in [0.05, 0.1) is 21.3 Å². The van der Waals surface area contributed by atoms with Crippen LogP contribution in [0.3, 0.4) is 0 Å². The largest absolute Gasteiger partial charge is 0.496 e. The molecule has 3 aromatic rings. The maximum absolute atomic E-state index is 12.2. The molecular formula is C21H22N2O6. The number of rotatable bonds is 8. The van der Waals surface area contributed by atoms with Crippen molar-refractivity contribution in [2.45, 2.75) is 6.54 Å². The van der Waals surface area contributed by atoms with E-state index in [0.29, 0.717) is 28.5 Å². The number of amides is 1. The number of aromatic amines is 1. The maximum atomic E-state index is 12.2. The number of nitrogens with one attached hydrogen (secondary N) is 2. The minimum atomic E-state index is -0.597. The lowest BCUT2D eigenvalue weighted by Crippen LogP contribution is -2.28. The number of benzene rings is 2. The number of esters is 1. The minimum Gasteiger partial charge on any atom is -0.496 e. The van der Waals surface area contributed by atoms with E-state index in [9.17, 15) is 9.59 Å². The number of para-hydroxylation sites is 1. The third-order valence-electron chi connectivity index (χ3n) is 4.35. The number of hydrogen-bond acceptors (Lipinski definition) is 6. The normalized spacial score (nSPS) is 10.4. The first kappa shape index (κ1) is 20.1. The van der Waals surface area contributed by atoms with Gasteiger partial charge in [-0.05, 0) is 18.2 Å². The van der Waals surface area contributed by atoms with Gasteiger partial charge >= 0.3 is 5.97 Å². The van der Waals surface area contributed by atoms with Gasteiger partial charge in [0.2, 0.25) is 0 Å². The molecule has 152 valence electrons. The van der Waals surface area contributed by atoms with Crippen molar-refractivity contribution < 1.29 is 28.5 Å².